The van der Waals surface area contributed by atoms with E-state index in [9.17, 15) is 0 Å². The van der Waals surface area contributed by atoms with E-state index in [2.05, 4.69) is 29.6 Å². The monoisotopic (exact) mass is 225 g/mol. The number of hydrogen-bond acceptors (Lipinski definition) is 3. The summed E-state index contributed by atoms with van der Waals surface area (Å²) < 4.78 is 4.98. The van der Waals surface area contributed by atoms with Crippen LogP contribution in [0.2, 0.25) is 0 Å². The van der Waals surface area contributed by atoms with Gasteiger partial charge in [-0.2, -0.15) is 11.8 Å². The zero-order valence-electron chi connectivity index (χ0n) is 9.24. The number of benzene rings is 1. The second-order valence-electron chi connectivity index (χ2n) is 3.25. The largest absolute Gasteiger partial charge is 0.385 e. The lowest BCUT2D eigenvalue weighted by molar-refractivity contribution is 0.218. The van der Waals surface area contributed by atoms with Crippen molar-refractivity contribution in [2.45, 2.75) is 6.42 Å². The van der Waals surface area contributed by atoms with Crippen molar-refractivity contribution < 1.29 is 4.74 Å². The Morgan fingerprint density at radius 2 is 2.00 bits per heavy atom. The first kappa shape index (κ1) is 12.4. The van der Waals surface area contributed by atoms with Crippen LogP contribution in [0.25, 0.3) is 0 Å². The number of hydrogen-bond donors (Lipinski definition) is 1. The number of ether oxygens (including phenoxy) is 1. The maximum Gasteiger partial charge on any atom is 0.0552 e. The third-order valence-corrected chi connectivity index (χ3v) is 3.03. The molecule has 0 aliphatic rings. The lowest BCUT2D eigenvalue weighted by atomic mass is 10.3. The van der Waals surface area contributed by atoms with Gasteiger partial charge in [-0.05, 0) is 24.3 Å². The average molecular weight is 225 g/mol. The van der Waals surface area contributed by atoms with Crippen molar-refractivity contribution in [3.8, 4) is 0 Å². The van der Waals surface area contributed by atoms with Crippen LogP contribution in [0.1, 0.15) is 6.42 Å². The van der Waals surface area contributed by atoms with Gasteiger partial charge in [0.15, 0.2) is 0 Å². The fourth-order valence-electron chi connectivity index (χ4n) is 1.21. The Morgan fingerprint density at radius 3 is 2.73 bits per heavy atom. The molecule has 0 heterocycles. The summed E-state index contributed by atoms with van der Waals surface area (Å²) in [7, 11) is 1.75. The molecule has 0 aliphatic heterocycles. The van der Waals surface area contributed by atoms with Crippen LogP contribution in [-0.2, 0) is 4.74 Å². The zero-order valence-corrected chi connectivity index (χ0v) is 10.1. The number of thioether (sulfide) groups is 1. The molecule has 0 atom stereocenters. The van der Waals surface area contributed by atoms with Crippen LogP contribution in [0, 0.1) is 0 Å². The van der Waals surface area contributed by atoms with Crippen molar-refractivity contribution in [3.63, 3.8) is 0 Å². The highest BCUT2D eigenvalue weighted by atomic mass is 32.2. The zero-order chi connectivity index (χ0) is 10.8. The van der Waals surface area contributed by atoms with Crippen LogP contribution in [-0.4, -0.2) is 31.8 Å². The van der Waals surface area contributed by atoms with Crippen molar-refractivity contribution in [3.05, 3.63) is 30.3 Å². The molecule has 0 bridgehead atoms. The van der Waals surface area contributed by atoms with Crippen LogP contribution >= 0.6 is 11.8 Å². The summed E-state index contributed by atoms with van der Waals surface area (Å²) in [6, 6.07) is 10.3. The van der Waals surface area contributed by atoms with Crippen LogP contribution < -0.4 is 5.32 Å². The molecule has 0 saturated carbocycles. The molecule has 3 heteroatoms. The molecule has 0 radical (unpaired) electrons. The Hall–Kier alpha value is -0.670. The molecule has 0 unspecified atom stereocenters. The van der Waals surface area contributed by atoms with Crippen molar-refractivity contribution in [2.75, 3.05) is 37.1 Å². The molecule has 0 aromatic heterocycles. The van der Waals surface area contributed by atoms with Gasteiger partial charge in [-0.3, -0.25) is 0 Å². The van der Waals surface area contributed by atoms with Crippen molar-refractivity contribution in [1.82, 2.24) is 0 Å². The topological polar surface area (TPSA) is 21.3 Å². The van der Waals surface area contributed by atoms with Gasteiger partial charge >= 0.3 is 0 Å². The van der Waals surface area contributed by atoms with Gasteiger partial charge in [0.25, 0.3) is 0 Å². The fraction of sp³-hybridized carbons (Fsp3) is 0.500. The average Bonchev–Trinajstić information content (AvgIpc) is 2.29. The minimum atomic E-state index is 0.858. The molecule has 0 spiro atoms. The standard InChI is InChI=1S/C12H19NOS/c1-14-9-11-15-10-5-8-13-12-6-3-2-4-7-12/h2-4,6-7,13H,5,8-11H2,1H3. The van der Waals surface area contributed by atoms with Gasteiger partial charge in [0, 0.05) is 25.1 Å². The normalized spacial score (nSPS) is 10.2. The fourth-order valence-corrected chi connectivity index (χ4v) is 2.04. The van der Waals surface area contributed by atoms with Gasteiger partial charge in [0.05, 0.1) is 6.61 Å². The van der Waals surface area contributed by atoms with Crippen LogP contribution in [0.3, 0.4) is 0 Å². The summed E-state index contributed by atoms with van der Waals surface area (Å²) in [5, 5.41) is 3.39. The molecule has 2 nitrogen and oxygen atoms in total. The smallest absolute Gasteiger partial charge is 0.0552 e. The molecule has 0 fully saturated rings. The van der Waals surface area contributed by atoms with Crippen LogP contribution in [0.5, 0.6) is 0 Å². The molecule has 1 aromatic rings. The van der Waals surface area contributed by atoms with Crippen molar-refractivity contribution in [2.24, 2.45) is 0 Å². The Balaban J connectivity index is 1.93. The molecule has 1 rings (SSSR count). The summed E-state index contributed by atoms with van der Waals surface area (Å²) in [4.78, 5) is 0. The number of nitrogens with one attached hydrogen (secondary N) is 1. The number of methoxy groups -OCH3 is 1. The molecule has 0 saturated heterocycles. The number of rotatable bonds is 8. The summed E-state index contributed by atoms with van der Waals surface area (Å²) in [5.74, 6) is 2.30. The summed E-state index contributed by atoms with van der Waals surface area (Å²) in [6.45, 7) is 1.90. The van der Waals surface area contributed by atoms with E-state index in [1.54, 1.807) is 7.11 Å². The van der Waals surface area contributed by atoms with E-state index in [1.165, 1.54) is 17.9 Å². The highest BCUT2D eigenvalue weighted by molar-refractivity contribution is 7.99. The second-order valence-corrected chi connectivity index (χ2v) is 4.48. The van der Waals surface area contributed by atoms with Crippen molar-refractivity contribution >= 4 is 17.4 Å². The van der Waals surface area contributed by atoms with Gasteiger partial charge in [-0.15, -0.1) is 0 Å². The quantitative estimate of drug-likeness (QED) is 0.687. The van der Waals surface area contributed by atoms with E-state index in [4.69, 9.17) is 4.74 Å². The van der Waals surface area contributed by atoms with Crippen LogP contribution in [0.15, 0.2) is 30.3 Å². The minimum Gasteiger partial charge on any atom is -0.385 e. The Labute approximate surface area is 96.4 Å². The second kappa shape index (κ2) is 8.62. The lowest BCUT2D eigenvalue weighted by Gasteiger charge is -2.05. The third-order valence-electron chi connectivity index (χ3n) is 2.00. The molecule has 15 heavy (non-hydrogen) atoms. The molecule has 1 aromatic carbocycles. The summed E-state index contributed by atoms with van der Waals surface area (Å²) >= 11 is 1.95. The van der Waals surface area contributed by atoms with Gasteiger partial charge < -0.3 is 10.1 Å². The molecular formula is C12H19NOS. The van der Waals surface area contributed by atoms with Gasteiger partial charge in [0.1, 0.15) is 0 Å². The van der Waals surface area contributed by atoms with E-state index in [1.807, 2.05) is 17.8 Å². The number of anilines is 1. The highest BCUT2D eigenvalue weighted by Crippen LogP contribution is 2.06. The number of para-hydroxylation sites is 1. The third kappa shape index (κ3) is 6.42. The van der Waals surface area contributed by atoms with Gasteiger partial charge in [-0.1, -0.05) is 18.2 Å². The van der Waals surface area contributed by atoms with E-state index in [-0.39, 0.29) is 0 Å². The highest BCUT2D eigenvalue weighted by Gasteiger charge is 1.91. The first-order valence-electron chi connectivity index (χ1n) is 5.29. The molecule has 0 amide bonds. The molecule has 1 N–H and O–H groups in total. The van der Waals surface area contributed by atoms with Gasteiger partial charge in [-0.25, -0.2) is 0 Å². The van der Waals surface area contributed by atoms with Gasteiger partial charge in [0.2, 0.25) is 0 Å². The lowest BCUT2D eigenvalue weighted by Crippen LogP contribution is -2.03. The van der Waals surface area contributed by atoms with E-state index >= 15 is 0 Å². The predicted molar refractivity (Wildman–Crippen MR) is 68.7 cm³/mol. The molecule has 0 aliphatic carbocycles. The first-order valence-corrected chi connectivity index (χ1v) is 6.44. The summed E-state index contributed by atoms with van der Waals surface area (Å²) in [6.07, 6.45) is 1.20. The van der Waals surface area contributed by atoms with E-state index in [0.717, 1.165) is 18.9 Å². The predicted octanol–water partition coefficient (Wildman–Crippen LogP) is 2.87. The van der Waals surface area contributed by atoms with Crippen LogP contribution in [0.4, 0.5) is 5.69 Å². The molecular weight excluding hydrogens is 206 g/mol. The minimum absolute atomic E-state index is 0.858. The first-order chi connectivity index (χ1) is 7.43. The Morgan fingerprint density at radius 1 is 1.20 bits per heavy atom. The SMILES string of the molecule is COCCSCCCNc1ccccc1. The maximum atomic E-state index is 4.98. The maximum absolute atomic E-state index is 4.98. The molecule has 84 valence electrons. The van der Waals surface area contributed by atoms with E-state index < -0.39 is 0 Å². The Bertz CT molecular complexity index is 241. The Kier molecular flexibility index (Phi) is 7.13. The van der Waals surface area contributed by atoms with E-state index in [0.29, 0.717) is 0 Å². The summed E-state index contributed by atoms with van der Waals surface area (Å²) in [5.41, 5.74) is 1.21. The van der Waals surface area contributed by atoms with Crippen molar-refractivity contribution in [1.29, 1.82) is 0 Å².